The van der Waals surface area contributed by atoms with Gasteiger partial charge in [-0.05, 0) is 36.6 Å². The number of nitrogens with one attached hydrogen (secondary N) is 1. The van der Waals surface area contributed by atoms with Gasteiger partial charge < -0.3 is 10.2 Å². The number of nitrogens with zero attached hydrogens (tertiary/aromatic N) is 6. The molecular weight excluding hydrogens is 430 g/mol. The number of aryl methyl sites for hydroxylation is 1. The van der Waals surface area contributed by atoms with Crippen LogP contribution in [0.4, 0.5) is 5.82 Å². The molecule has 2 aromatic heterocycles. The molecule has 0 radical (unpaired) electrons. The van der Waals surface area contributed by atoms with Gasteiger partial charge in [0.1, 0.15) is 5.82 Å². The largest absolute Gasteiger partial charge is 0.343 e. The zero-order valence-corrected chi connectivity index (χ0v) is 18.3. The molecule has 166 valence electrons. The molecule has 0 unspecified atom stereocenters. The highest BCUT2D eigenvalue weighted by Crippen LogP contribution is 2.20. The SMILES string of the molecule is O=C(Nc1ccc(Cl)cn1)C1CCN(C(=O)CCCn2nnc(-c3ccccc3)n2)CC1. The lowest BCUT2D eigenvalue weighted by Gasteiger charge is -2.31. The number of hydrogen-bond donors (Lipinski definition) is 1. The van der Waals surface area contributed by atoms with Crippen LogP contribution in [0.1, 0.15) is 25.7 Å². The number of amides is 2. The fraction of sp³-hybridized carbons (Fsp3) is 0.364. The number of piperidine rings is 1. The Morgan fingerprint density at radius 3 is 2.59 bits per heavy atom. The molecule has 0 spiro atoms. The first-order valence-corrected chi connectivity index (χ1v) is 11.0. The molecular formula is C22H24ClN7O2. The molecule has 0 atom stereocenters. The molecule has 10 heteroatoms. The molecule has 1 aliphatic rings. The summed E-state index contributed by atoms with van der Waals surface area (Å²) in [5.41, 5.74) is 0.911. The van der Waals surface area contributed by atoms with Crippen LogP contribution in [0.25, 0.3) is 11.4 Å². The molecule has 2 amide bonds. The molecule has 1 saturated heterocycles. The molecule has 0 saturated carbocycles. The van der Waals surface area contributed by atoms with Gasteiger partial charge in [0.2, 0.25) is 17.6 Å². The van der Waals surface area contributed by atoms with Crippen LogP contribution in [-0.2, 0) is 16.1 Å². The van der Waals surface area contributed by atoms with Crippen molar-refractivity contribution in [2.45, 2.75) is 32.2 Å². The third-order valence-electron chi connectivity index (χ3n) is 5.43. The van der Waals surface area contributed by atoms with Crippen LogP contribution in [0, 0.1) is 5.92 Å². The van der Waals surface area contributed by atoms with Crippen LogP contribution < -0.4 is 5.32 Å². The minimum absolute atomic E-state index is 0.0709. The maximum atomic E-state index is 12.6. The summed E-state index contributed by atoms with van der Waals surface area (Å²) in [6.45, 7) is 1.67. The summed E-state index contributed by atoms with van der Waals surface area (Å²) in [6.07, 6.45) is 3.81. The summed E-state index contributed by atoms with van der Waals surface area (Å²) in [5, 5.41) is 15.8. The van der Waals surface area contributed by atoms with Crippen LogP contribution in [0.5, 0.6) is 0 Å². The fourth-order valence-corrected chi connectivity index (χ4v) is 3.75. The van der Waals surface area contributed by atoms with Gasteiger partial charge in [0.25, 0.3) is 0 Å². The van der Waals surface area contributed by atoms with Crippen LogP contribution in [0.15, 0.2) is 48.7 Å². The first kappa shape index (κ1) is 21.9. The Balaban J connectivity index is 1.18. The summed E-state index contributed by atoms with van der Waals surface area (Å²) >= 11 is 5.82. The minimum atomic E-state index is -0.132. The summed E-state index contributed by atoms with van der Waals surface area (Å²) in [4.78, 5) is 32.4. The van der Waals surface area contributed by atoms with Crippen molar-refractivity contribution < 1.29 is 9.59 Å². The predicted molar refractivity (Wildman–Crippen MR) is 120 cm³/mol. The summed E-state index contributed by atoms with van der Waals surface area (Å²) < 4.78 is 0. The number of aromatic nitrogens is 5. The normalized spacial score (nSPS) is 14.3. The van der Waals surface area contributed by atoms with E-state index in [4.69, 9.17) is 11.6 Å². The second-order valence-corrected chi connectivity index (χ2v) is 8.12. The molecule has 0 bridgehead atoms. The zero-order valence-electron chi connectivity index (χ0n) is 17.5. The molecule has 0 aliphatic carbocycles. The number of carbonyl (C=O) groups excluding carboxylic acids is 2. The van der Waals surface area contributed by atoms with Gasteiger partial charge >= 0.3 is 0 Å². The number of pyridine rings is 1. The lowest BCUT2D eigenvalue weighted by molar-refractivity contribution is -0.134. The van der Waals surface area contributed by atoms with E-state index in [0.29, 0.717) is 62.0 Å². The molecule has 32 heavy (non-hydrogen) atoms. The smallest absolute Gasteiger partial charge is 0.228 e. The minimum Gasteiger partial charge on any atom is -0.343 e. The van der Waals surface area contributed by atoms with Crippen LogP contribution >= 0.6 is 11.6 Å². The van der Waals surface area contributed by atoms with E-state index in [1.165, 1.54) is 11.0 Å². The Morgan fingerprint density at radius 2 is 1.88 bits per heavy atom. The molecule has 3 heterocycles. The van der Waals surface area contributed by atoms with Crippen molar-refractivity contribution in [3.63, 3.8) is 0 Å². The van der Waals surface area contributed by atoms with Crippen LogP contribution in [-0.4, -0.2) is 55.0 Å². The number of likely N-dealkylation sites (tertiary alicyclic amines) is 1. The number of anilines is 1. The van der Waals surface area contributed by atoms with Crippen molar-refractivity contribution >= 4 is 29.2 Å². The van der Waals surface area contributed by atoms with Crippen molar-refractivity contribution in [2.75, 3.05) is 18.4 Å². The maximum absolute atomic E-state index is 12.6. The average Bonchev–Trinajstić information content (AvgIpc) is 3.30. The third-order valence-corrected chi connectivity index (χ3v) is 5.65. The Bertz CT molecular complexity index is 1050. The summed E-state index contributed by atoms with van der Waals surface area (Å²) in [7, 11) is 0. The molecule has 1 aromatic carbocycles. The number of benzene rings is 1. The first-order valence-electron chi connectivity index (χ1n) is 10.6. The Kier molecular flexibility index (Phi) is 7.06. The van der Waals surface area contributed by atoms with E-state index in [-0.39, 0.29) is 17.7 Å². The highest BCUT2D eigenvalue weighted by Gasteiger charge is 2.27. The van der Waals surface area contributed by atoms with Gasteiger partial charge in [-0.2, -0.15) is 4.80 Å². The van der Waals surface area contributed by atoms with Crippen molar-refractivity contribution in [1.82, 2.24) is 30.1 Å². The molecule has 4 rings (SSSR count). The third kappa shape index (κ3) is 5.67. The van der Waals surface area contributed by atoms with Crippen molar-refractivity contribution in [2.24, 2.45) is 5.92 Å². The number of tetrazole rings is 1. The van der Waals surface area contributed by atoms with E-state index < -0.39 is 0 Å². The van der Waals surface area contributed by atoms with E-state index in [0.717, 1.165) is 5.56 Å². The van der Waals surface area contributed by atoms with E-state index in [9.17, 15) is 9.59 Å². The van der Waals surface area contributed by atoms with Gasteiger partial charge in [-0.3, -0.25) is 9.59 Å². The van der Waals surface area contributed by atoms with Gasteiger partial charge in [0, 0.05) is 37.2 Å². The summed E-state index contributed by atoms with van der Waals surface area (Å²) in [5.74, 6) is 0.943. The highest BCUT2D eigenvalue weighted by atomic mass is 35.5. The van der Waals surface area contributed by atoms with E-state index in [1.807, 2.05) is 35.2 Å². The Labute approximate surface area is 190 Å². The molecule has 1 N–H and O–H groups in total. The second kappa shape index (κ2) is 10.3. The number of halogens is 1. The Hall–Kier alpha value is -3.33. The standard InChI is InChI=1S/C22H24ClN7O2/c23-18-8-9-19(24-15-18)25-22(32)17-10-13-29(14-11-17)20(31)7-4-12-30-27-21(26-28-30)16-5-2-1-3-6-16/h1-3,5-6,8-9,15,17H,4,7,10-14H2,(H,24,25,32). The molecule has 1 fully saturated rings. The zero-order chi connectivity index (χ0) is 22.3. The lowest BCUT2D eigenvalue weighted by atomic mass is 9.95. The van der Waals surface area contributed by atoms with Gasteiger partial charge in [0.05, 0.1) is 11.6 Å². The van der Waals surface area contributed by atoms with Gasteiger partial charge in [-0.1, -0.05) is 41.9 Å². The van der Waals surface area contributed by atoms with Crippen molar-refractivity contribution in [1.29, 1.82) is 0 Å². The van der Waals surface area contributed by atoms with Crippen LogP contribution in [0.3, 0.4) is 0 Å². The van der Waals surface area contributed by atoms with Crippen LogP contribution in [0.2, 0.25) is 5.02 Å². The van der Waals surface area contributed by atoms with Gasteiger partial charge in [-0.25, -0.2) is 4.98 Å². The fourth-order valence-electron chi connectivity index (χ4n) is 3.64. The number of hydrogen-bond acceptors (Lipinski definition) is 6. The quantitative estimate of drug-likeness (QED) is 0.589. The average molecular weight is 454 g/mol. The van der Waals surface area contributed by atoms with E-state index in [2.05, 4.69) is 25.7 Å². The van der Waals surface area contributed by atoms with Crippen molar-refractivity contribution in [3.05, 3.63) is 53.7 Å². The second-order valence-electron chi connectivity index (χ2n) is 7.68. The highest BCUT2D eigenvalue weighted by molar-refractivity contribution is 6.30. The molecule has 1 aliphatic heterocycles. The maximum Gasteiger partial charge on any atom is 0.228 e. The first-order chi connectivity index (χ1) is 15.6. The number of rotatable bonds is 7. The topological polar surface area (TPSA) is 106 Å². The van der Waals surface area contributed by atoms with Gasteiger partial charge in [-0.15, -0.1) is 10.2 Å². The van der Waals surface area contributed by atoms with E-state index in [1.54, 1.807) is 12.1 Å². The molecule has 9 nitrogen and oxygen atoms in total. The lowest BCUT2D eigenvalue weighted by Crippen LogP contribution is -2.41. The van der Waals surface area contributed by atoms with Gasteiger partial charge in [0.15, 0.2) is 0 Å². The monoisotopic (exact) mass is 453 g/mol. The van der Waals surface area contributed by atoms with Crippen molar-refractivity contribution in [3.8, 4) is 11.4 Å². The van der Waals surface area contributed by atoms with E-state index >= 15 is 0 Å². The molecule has 3 aromatic rings. The Morgan fingerprint density at radius 1 is 1.09 bits per heavy atom. The summed E-state index contributed by atoms with van der Waals surface area (Å²) in [6, 6.07) is 13.0. The predicted octanol–water partition coefficient (Wildman–Crippen LogP) is 3.05. The number of carbonyl (C=O) groups is 2.